The van der Waals surface area contributed by atoms with Gasteiger partial charge in [0.15, 0.2) is 5.13 Å². The van der Waals surface area contributed by atoms with E-state index in [1.165, 1.54) is 27.0 Å². The monoisotopic (exact) mass is 382 g/mol. The third kappa shape index (κ3) is 3.39. The lowest BCUT2D eigenvalue weighted by Gasteiger charge is -2.35. The minimum absolute atomic E-state index is 0.252. The van der Waals surface area contributed by atoms with Crippen LogP contribution < -0.4 is 15.0 Å². The molecule has 4 rings (SSSR count). The quantitative estimate of drug-likeness (QED) is 0.744. The Morgan fingerprint density at radius 3 is 2.78 bits per heavy atom. The van der Waals surface area contributed by atoms with Gasteiger partial charge in [-0.1, -0.05) is 11.3 Å². The SMILES string of the molecule is Cc1c(C)c(C)c2sc(N3CCNCC3COc3cccnc3)nc2c1C. The van der Waals surface area contributed by atoms with Crippen LogP contribution in [0.4, 0.5) is 5.13 Å². The van der Waals surface area contributed by atoms with Crippen molar-refractivity contribution in [2.45, 2.75) is 33.7 Å². The minimum atomic E-state index is 0.252. The van der Waals surface area contributed by atoms with Crippen LogP contribution in [-0.4, -0.2) is 42.3 Å². The first-order chi connectivity index (χ1) is 13.1. The van der Waals surface area contributed by atoms with Crippen LogP contribution in [0.5, 0.6) is 5.75 Å². The summed E-state index contributed by atoms with van der Waals surface area (Å²) in [6, 6.07) is 4.10. The number of ether oxygens (including phenoxy) is 1. The van der Waals surface area contributed by atoms with Crippen molar-refractivity contribution >= 4 is 26.7 Å². The van der Waals surface area contributed by atoms with Crippen LogP contribution in [-0.2, 0) is 0 Å². The van der Waals surface area contributed by atoms with E-state index in [1.54, 1.807) is 12.4 Å². The first-order valence-corrected chi connectivity index (χ1v) is 10.2. The van der Waals surface area contributed by atoms with E-state index in [-0.39, 0.29) is 6.04 Å². The summed E-state index contributed by atoms with van der Waals surface area (Å²) in [7, 11) is 0. The molecule has 2 aromatic heterocycles. The van der Waals surface area contributed by atoms with Gasteiger partial charge in [0.2, 0.25) is 0 Å². The van der Waals surface area contributed by atoms with E-state index in [0.29, 0.717) is 6.61 Å². The van der Waals surface area contributed by atoms with Crippen molar-refractivity contribution in [1.29, 1.82) is 0 Å². The van der Waals surface area contributed by atoms with Crippen LogP contribution in [0.25, 0.3) is 10.2 Å². The third-order valence-electron chi connectivity index (χ3n) is 5.67. The summed E-state index contributed by atoms with van der Waals surface area (Å²) in [5, 5.41) is 4.58. The Morgan fingerprint density at radius 1 is 1.19 bits per heavy atom. The first-order valence-electron chi connectivity index (χ1n) is 9.43. The maximum atomic E-state index is 5.99. The van der Waals surface area contributed by atoms with Crippen molar-refractivity contribution in [1.82, 2.24) is 15.3 Å². The van der Waals surface area contributed by atoms with Gasteiger partial charge in [0.25, 0.3) is 0 Å². The average Bonchev–Trinajstić information content (AvgIpc) is 3.15. The molecule has 27 heavy (non-hydrogen) atoms. The molecule has 1 aliphatic heterocycles. The molecule has 5 nitrogen and oxygen atoms in total. The van der Waals surface area contributed by atoms with Gasteiger partial charge < -0.3 is 15.0 Å². The molecule has 0 aliphatic carbocycles. The molecule has 0 saturated carbocycles. The summed E-state index contributed by atoms with van der Waals surface area (Å²) in [5.74, 6) is 0.810. The van der Waals surface area contributed by atoms with Crippen LogP contribution in [0, 0.1) is 27.7 Å². The van der Waals surface area contributed by atoms with Gasteiger partial charge in [-0.25, -0.2) is 4.98 Å². The van der Waals surface area contributed by atoms with Crippen LogP contribution in [0.15, 0.2) is 24.5 Å². The van der Waals surface area contributed by atoms with Gasteiger partial charge in [0.05, 0.1) is 22.5 Å². The highest BCUT2D eigenvalue weighted by Gasteiger charge is 2.26. The van der Waals surface area contributed by atoms with Crippen LogP contribution in [0.1, 0.15) is 22.3 Å². The average molecular weight is 383 g/mol. The Balaban J connectivity index is 1.63. The second kappa shape index (κ2) is 7.44. The lowest BCUT2D eigenvalue weighted by Crippen LogP contribution is -2.54. The highest BCUT2D eigenvalue weighted by Crippen LogP contribution is 2.37. The molecule has 0 radical (unpaired) electrons. The Morgan fingerprint density at radius 2 is 2.00 bits per heavy atom. The number of nitrogens with zero attached hydrogens (tertiary/aromatic N) is 3. The summed E-state index contributed by atoms with van der Waals surface area (Å²) in [5.41, 5.74) is 6.55. The molecule has 0 bridgehead atoms. The van der Waals surface area contributed by atoms with Crippen molar-refractivity contribution in [3.63, 3.8) is 0 Å². The van der Waals surface area contributed by atoms with Gasteiger partial charge in [-0.2, -0.15) is 0 Å². The van der Waals surface area contributed by atoms with Gasteiger partial charge in [0.1, 0.15) is 12.4 Å². The van der Waals surface area contributed by atoms with E-state index >= 15 is 0 Å². The smallest absolute Gasteiger partial charge is 0.186 e. The predicted octanol–water partition coefficient (Wildman–Crippen LogP) is 3.78. The molecule has 1 N–H and O–H groups in total. The third-order valence-corrected chi connectivity index (χ3v) is 6.88. The van der Waals surface area contributed by atoms with Gasteiger partial charge in [-0.3, -0.25) is 4.98 Å². The van der Waals surface area contributed by atoms with E-state index in [2.05, 4.69) is 42.9 Å². The Hall–Kier alpha value is -2.18. The molecule has 1 atom stereocenters. The van der Waals surface area contributed by atoms with Crippen LogP contribution in [0.2, 0.25) is 0 Å². The lowest BCUT2D eigenvalue weighted by molar-refractivity contribution is 0.266. The van der Waals surface area contributed by atoms with Gasteiger partial charge in [0, 0.05) is 25.8 Å². The summed E-state index contributed by atoms with van der Waals surface area (Å²) in [6.07, 6.45) is 3.52. The highest BCUT2D eigenvalue weighted by atomic mass is 32.1. The van der Waals surface area contributed by atoms with Gasteiger partial charge in [-0.05, 0) is 62.1 Å². The van der Waals surface area contributed by atoms with E-state index in [1.807, 2.05) is 23.5 Å². The number of hydrogen-bond donors (Lipinski definition) is 1. The number of rotatable bonds is 4. The van der Waals surface area contributed by atoms with E-state index in [0.717, 1.165) is 36.0 Å². The number of thiazole rings is 1. The van der Waals surface area contributed by atoms with E-state index < -0.39 is 0 Å². The van der Waals surface area contributed by atoms with Gasteiger partial charge in [-0.15, -0.1) is 0 Å². The van der Waals surface area contributed by atoms with E-state index in [4.69, 9.17) is 9.72 Å². The zero-order valence-corrected chi connectivity index (χ0v) is 17.2. The van der Waals surface area contributed by atoms with Crippen molar-refractivity contribution < 1.29 is 4.74 Å². The van der Waals surface area contributed by atoms with E-state index in [9.17, 15) is 0 Å². The topological polar surface area (TPSA) is 50.3 Å². The Labute approximate surface area is 164 Å². The maximum absolute atomic E-state index is 5.99. The molecule has 1 saturated heterocycles. The number of aromatic nitrogens is 2. The summed E-state index contributed by atoms with van der Waals surface area (Å²) in [6.45, 7) is 12.2. The molecular formula is C21H26N4OS. The standard InChI is InChI=1S/C21H26N4OS/c1-13-14(2)16(4)20-19(15(13)3)24-21(27-20)25-9-8-23-10-17(25)12-26-18-6-5-7-22-11-18/h5-7,11,17,23H,8-10,12H2,1-4H3. The number of hydrogen-bond acceptors (Lipinski definition) is 6. The fourth-order valence-electron chi connectivity index (χ4n) is 3.64. The molecule has 3 heterocycles. The second-order valence-corrected chi connectivity index (χ2v) is 8.20. The number of nitrogens with one attached hydrogen (secondary N) is 1. The fourth-order valence-corrected chi connectivity index (χ4v) is 4.92. The number of fused-ring (bicyclic) bond motifs is 1. The molecule has 1 aromatic carbocycles. The predicted molar refractivity (Wildman–Crippen MR) is 112 cm³/mol. The fraction of sp³-hybridized carbons (Fsp3) is 0.429. The van der Waals surface area contributed by atoms with Crippen molar-refractivity contribution in [2.75, 3.05) is 31.1 Å². The normalized spacial score (nSPS) is 17.5. The Kier molecular flexibility index (Phi) is 5.02. The van der Waals surface area contributed by atoms with Crippen molar-refractivity contribution in [3.8, 4) is 5.75 Å². The molecule has 1 fully saturated rings. The zero-order chi connectivity index (χ0) is 19.0. The maximum Gasteiger partial charge on any atom is 0.186 e. The summed E-state index contributed by atoms with van der Waals surface area (Å²) in [4.78, 5) is 11.6. The molecule has 6 heteroatoms. The molecule has 142 valence electrons. The number of aryl methyl sites for hydroxylation is 2. The lowest BCUT2D eigenvalue weighted by atomic mass is 9.99. The summed E-state index contributed by atoms with van der Waals surface area (Å²) < 4.78 is 7.31. The highest BCUT2D eigenvalue weighted by molar-refractivity contribution is 7.22. The molecule has 0 spiro atoms. The molecule has 0 amide bonds. The summed E-state index contributed by atoms with van der Waals surface area (Å²) >= 11 is 1.81. The van der Waals surface area contributed by atoms with Gasteiger partial charge >= 0.3 is 0 Å². The first kappa shape index (κ1) is 18.2. The van der Waals surface area contributed by atoms with Crippen LogP contribution in [0.3, 0.4) is 0 Å². The molecular weight excluding hydrogens is 356 g/mol. The number of benzene rings is 1. The molecule has 3 aromatic rings. The number of pyridine rings is 1. The number of anilines is 1. The zero-order valence-electron chi connectivity index (χ0n) is 16.4. The Bertz CT molecular complexity index is 909. The minimum Gasteiger partial charge on any atom is -0.490 e. The second-order valence-electron chi connectivity index (χ2n) is 7.23. The number of piperazine rings is 1. The van der Waals surface area contributed by atoms with Crippen molar-refractivity contribution in [3.05, 3.63) is 46.8 Å². The van der Waals surface area contributed by atoms with Crippen LogP contribution >= 0.6 is 11.3 Å². The van der Waals surface area contributed by atoms with Crippen molar-refractivity contribution in [2.24, 2.45) is 0 Å². The molecule has 1 aliphatic rings. The molecule has 1 unspecified atom stereocenters. The largest absolute Gasteiger partial charge is 0.490 e.